The number of amides is 1. The molecule has 0 aromatic rings. The fourth-order valence-electron chi connectivity index (χ4n) is 3.37. The topological polar surface area (TPSA) is 69.7 Å². The minimum absolute atomic E-state index is 0.00183. The van der Waals surface area contributed by atoms with Gasteiger partial charge in [0.25, 0.3) is 0 Å². The van der Waals surface area contributed by atoms with Gasteiger partial charge in [0, 0.05) is 25.7 Å². The second kappa shape index (κ2) is 7.75. The maximum atomic E-state index is 12.2. The van der Waals surface area contributed by atoms with Crippen molar-refractivity contribution in [1.82, 2.24) is 14.5 Å². The normalized spacial score (nSPS) is 26.0. The van der Waals surface area contributed by atoms with Crippen molar-refractivity contribution in [3.63, 3.8) is 0 Å². The minimum Gasteiger partial charge on any atom is -0.356 e. The van der Waals surface area contributed by atoms with Crippen LogP contribution in [0.5, 0.6) is 0 Å². The second-order valence-electron chi connectivity index (χ2n) is 6.63. The molecule has 6 nitrogen and oxygen atoms in total. The number of sulfonamides is 1. The number of hydrogen-bond acceptors (Lipinski definition) is 4. The van der Waals surface area contributed by atoms with Crippen LogP contribution < -0.4 is 5.32 Å². The number of nitrogens with zero attached hydrogens (tertiary/aromatic N) is 2. The van der Waals surface area contributed by atoms with Crippen LogP contribution in [0.3, 0.4) is 0 Å². The Morgan fingerprint density at radius 2 is 1.91 bits per heavy atom. The van der Waals surface area contributed by atoms with Crippen LogP contribution in [0.15, 0.2) is 0 Å². The Hall–Kier alpha value is -0.660. The van der Waals surface area contributed by atoms with E-state index in [4.69, 9.17) is 0 Å². The van der Waals surface area contributed by atoms with E-state index in [0.29, 0.717) is 25.7 Å². The number of likely N-dealkylation sites (tertiary alicyclic amines) is 1. The van der Waals surface area contributed by atoms with Crippen LogP contribution in [0.25, 0.3) is 0 Å². The Morgan fingerprint density at radius 3 is 2.55 bits per heavy atom. The third-order valence-electron chi connectivity index (χ3n) is 4.85. The van der Waals surface area contributed by atoms with E-state index in [1.54, 1.807) is 0 Å². The fraction of sp³-hybridized carbons (Fsp3) is 0.933. The highest BCUT2D eigenvalue weighted by Gasteiger charge is 2.30. The highest BCUT2D eigenvalue weighted by Crippen LogP contribution is 2.19. The van der Waals surface area contributed by atoms with Gasteiger partial charge in [-0.25, -0.2) is 12.7 Å². The highest BCUT2D eigenvalue weighted by atomic mass is 32.2. The minimum atomic E-state index is -3.19. The molecule has 0 unspecified atom stereocenters. The molecule has 128 valence electrons. The summed E-state index contributed by atoms with van der Waals surface area (Å²) in [5.74, 6) is -0.201. The van der Waals surface area contributed by atoms with E-state index in [9.17, 15) is 13.2 Å². The standard InChI is InChI=1S/C15H29N3O3S/c1-13(17-9-3-4-10-17)7-8-16-15(19)14-6-5-11-18(12-14)22(2,20)21/h13-14H,3-12H2,1-2H3,(H,16,19)/t13-,14-/m0/s1. The van der Waals surface area contributed by atoms with Crippen LogP contribution >= 0.6 is 0 Å². The molecule has 2 fully saturated rings. The Balaban J connectivity index is 1.72. The SMILES string of the molecule is C[C@@H](CCNC(=O)[C@H]1CCCN(S(C)(=O)=O)C1)N1CCCC1. The van der Waals surface area contributed by atoms with Gasteiger partial charge in [-0.15, -0.1) is 0 Å². The van der Waals surface area contributed by atoms with Gasteiger partial charge >= 0.3 is 0 Å². The zero-order valence-corrected chi connectivity index (χ0v) is 14.6. The van der Waals surface area contributed by atoms with Gasteiger partial charge < -0.3 is 10.2 Å². The molecular formula is C15H29N3O3S. The molecule has 1 amide bonds. The summed E-state index contributed by atoms with van der Waals surface area (Å²) < 4.78 is 24.6. The third kappa shape index (κ3) is 4.93. The number of piperidine rings is 1. The summed E-state index contributed by atoms with van der Waals surface area (Å²) >= 11 is 0. The van der Waals surface area contributed by atoms with Crippen molar-refractivity contribution in [3.05, 3.63) is 0 Å². The van der Waals surface area contributed by atoms with Crippen LogP contribution in [0, 0.1) is 5.92 Å². The smallest absolute Gasteiger partial charge is 0.224 e. The van der Waals surface area contributed by atoms with Gasteiger partial charge in [-0.3, -0.25) is 4.79 Å². The molecule has 0 aromatic carbocycles. The number of nitrogens with one attached hydrogen (secondary N) is 1. The number of carbonyl (C=O) groups is 1. The lowest BCUT2D eigenvalue weighted by molar-refractivity contribution is -0.126. The molecule has 0 bridgehead atoms. The van der Waals surface area contributed by atoms with E-state index in [1.807, 2.05) is 0 Å². The zero-order chi connectivity index (χ0) is 16.2. The van der Waals surface area contributed by atoms with Crippen LogP contribution in [-0.4, -0.2) is 68.6 Å². The van der Waals surface area contributed by atoms with Gasteiger partial charge in [0.05, 0.1) is 12.2 Å². The lowest BCUT2D eigenvalue weighted by Crippen LogP contribution is -2.45. The molecule has 2 atom stereocenters. The van der Waals surface area contributed by atoms with E-state index in [0.717, 1.165) is 19.3 Å². The van der Waals surface area contributed by atoms with Crippen LogP contribution in [0.1, 0.15) is 39.0 Å². The summed E-state index contributed by atoms with van der Waals surface area (Å²) in [5.41, 5.74) is 0. The number of rotatable bonds is 6. The summed E-state index contributed by atoms with van der Waals surface area (Å²) in [6.07, 6.45) is 6.26. The van der Waals surface area contributed by atoms with Gasteiger partial charge in [0.15, 0.2) is 0 Å². The predicted octanol–water partition coefficient (Wildman–Crippen LogP) is 0.649. The van der Waals surface area contributed by atoms with Crippen molar-refractivity contribution in [2.75, 3.05) is 39.0 Å². The van der Waals surface area contributed by atoms with Gasteiger partial charge in [-0.1, -0.05) is 0 Å². The lowest BCUT2D eigenvalue weighted by Gasteiger charge is -2.30. The van der Waals surface area contributed by atoms with Gasteiger partial charge in [-0.05, 0) is 52.1 Å². The average Bonchev–Trinajstić information content (AvgIpc) is 3.00. The molecule has 2 aliphatic rings. The molecule has 0 spiro atoms. The molecule has 0 aromatic heterocycles. The van der Waals surface area contributed by atoms with E-state index in [2.05, 4.69) is 17.1 Å². The summed E-state index contributed by atoms with van der Waals surface area (Å²) in [5, 5.41) is 2.99. The summed E-state index contributed by atoms with van der Waals surface area (Å²) in [6.45, 7) is 6.08. The summed E-state index contributed by atoms with van der Waals surface area (Å²) in [7, 11) is -3.19. The van der Waals surface area contributed by atoms with Crippen molar-refractivity contribution in [1.29, 1.82) is 0 Å². The Kier molecular flexibility index (Phi) is 6.23. The monoisotopic (exact) mass is 331 g/mol. The largest absolute Gasteiger partial charge is 0.356 e. The fourth-order valence-corrected chi connectivity index (χ4v) is 4.28. The number of carbonyl (C=O) groups excluding carboxylic acids is 1. The lowest BCUT2D eigenvalue weighted by atomic mass is 9.99. The van der Waals surface area contributed by atoms with Crippen molar-refractivity contribution in [2.24, 2.45) is 5.92 Å². The maximum absolute atomic E-state index is 12.2. The van der Waals surface area contributed by atoms with Crippen molar-refractivity contribution in [2.45, 2.75) is 45.1 Å². The summed E-state index contributed by atoms with van der Waals surface area (Å²) in [6, 6.07) is 0.502. The van der Waals surface area contributed by atoms with Crippen LogP contribution in [0.2, 0.25) is 0 Å². The number of hydrogen-bond donors (Lipinski definition) is 1. The molecule has 0 saturated carbocycles. The first-order chi connectivity index (χ1) is 10.4. The second-order valence-corrected chi connectivity index (χ2v) is 8.61. The Morgan fingerprint density at radius 1 is 1.23 bits per heavy atom. The molecule has 1 N–H and O–H groups in total. The van der Waals surface area contributed by atoms with E-state index in [-0.39, 0.29) is 11.8 Å². The van der Waals surface area contributed by atoms with Crippen molar-refractivity contribution < 1.29 is 13.2 Å². The zero-order valence-electron chi connectivity index (χ0n) is 13.8. The van der Waals surface area contributed by atoms with Crippen LogP contribution in [-0.2, 0) is 14.8 Å². The first-order valence-electron chi connectivity index (χ1n) is 8.35. The Labute approximate surface area is 134 Å². The molecule has 2 rings (SSSR count). The highest BCUT2D eigenvalue weighted by molar-refractivity contribution is 7.88. The predicted molar refractivity (Wildman–Crippen MR) is 87.0 cm³/mol. The van der Waals surface area contributed by atoms with Crippen molar-refractivity contribution in [3.8, 4) is 0 Å². The molecule has 2 saturated heterocycles. The van der Waals surface area contributed by atoms with E-state index >= 15 is 0 Å². The Bertz CT molecular complexity index is 474. The third-order valence-corrected chi connectivity index (χ3v) is 6.12. The molecule has 2 aliphatic heterocycles. The van der Waals surface area contributed by atoms with Gasteiger partial charge in [0.2, 0.25) is 15.9 Å². The van der Waals surface area contributed by atoms with E-state index in [1.165, 1.54) is 36.5 Å². The van der Waals surface area contributed by atoms with E-state index < -0.39 is 10.0 Å². The van der Waals surface area contributed by atoms with Gasteiger partial charge in [-0.2, -0.15) is 0 Å². The van der Waals surface area contributed by atoms with Crippen molar-refractivity contribution >= 4 is 15.9 Å². The van der Waals surface area contributed by atoms with Crippen LogP contribution in [0.4, 0.5) is 0 Å². The van der Waals surface area contributed by atoms with Gasteiger partial charge in [0.1, 0.15) is 0 Å². The summed E-state index contributed by atoms with van der Waals surface area (Å²) in [4.78, 5) is 14.7. The molecule has 7 heteroatoms. The first kappa shape index (κ1) is 17.7. The molecular weight excluding hydrogens is 302 g/mol. The first-order valence-corrected chi connectivity index (χ1v) is 10.2. The molecule has 2 heterocycles. The quantitative estimate of drug-likeness (QED) is 0.776. The molecule has 22 heavy (non-hydrogen) atoms. The molecule has 0 aliphatic carbocycles. The molecule has 0 radical (unpaired) electrons. The average molecular weight is 331 g/mol. The maximum Gasteiger partial charge on any atom is 0.224 e.